The molecule has 0 fully saturated rings. The molecule has 1 aromatic heterocycles. The fraction of sp³-hybridized carbons (Fsp3) is 0.182. The van der Waals surface area contributed by atoms with Crippen LogP contribution >= 0.6 is 0 Å². The Morgan fingerprint density at radius 2 is 1.50 bits per heavy atom. The van der Waals surface area contributed by atoms with Crippen LogP contribution in [0, 0.1) is 0 Å². The SMILES string of the molecule is C/C=C/c1cccc(/C=C/C)n1. The minimum absolute atomic E-state index is 1.01. The summed E-state index contributed by atoms with van der Waals surface area (Å²) in [5.41, 5.74) is 2.02. The van der Waals surface area contributed by atoms with Crippen molar-refractivity contribution in [3.63, 3.8) is 0 Å². The molecule has 0 aliphatic rings. The molecule has 1 rings (SSSR count). The summed E-state index contributed by atoms with van der Waals surface area (Å²) in [6, 6.07) is 6.00. The molecule has 0 aliphatic heterocycles. The topological polar surface area (TPSA) is 12.9 Å². The Hall–Kier alpha value is -1.37. The van der Waals surface area contributed by atoms with E-state index >= 15 is 0 Å². The van der Waals surface area contributed by atoms with E-state index in [1.807, 2.05) is 56.4 Å². The molecule has 1 nitrogen and oxygen atoms in total. The zero-order valence-corrected chi connectivity index (χ0v) is 7.49. The quantitative estimate of drug-likeness (QED) is 0.646. The second kappa shape index (κ2) is 4.50. The first kappa shape index (κ1) is 8.72. The summed E-state index contributed by atoms with van der Waals surface area (Å²) in [5, 5.41) is 0. The van der Waals surface area contributed by atoms with Crippen LogP contribution in [0.4, 0.5) is 0 Å². The summed E-state index contributed by atoms with van der Waals surface area (Å²) in [7, 11) is 0. The standard InChI is InChI=1S/C11H13N/c1-3-6-10-8-5-9-11(12-10)7-4-2/h3-9H,1-2H3/b6-3+,7-4+. The van der Waals surface area contributed by atoms with Gasteiger partial charge < -0.3 is 0 Å². The average Bonchev–Trinajstić information content (AvgIpc) is 2.06. The summed E-state index contributed by atoms with van der Waals surface area (Å²) in [6.45, 7) is 3.98. The molecule has 0 radical (unpaired) electrons. The van der Waals surface area contributed by atoms with E-state index in [0.29, 0.717) is 0 Å². The van der Waals surface area contributed by atoms with Gasteiger partial charge in [-0.2, -0.15) is 0 Å². The first-order valence-electron chi connectivity index (χ1n) is 4.09. The highest BCUT2D eigenvalue weighted by atomic mass is 14.7. The molecule has 12 heavy (non-hydrogen) atoms. The second-order valence-corrected chi connectivity index (χ2v) is 2.49. The number of aromatic nitrogens is 1. The Kier molecular flexibility index (Phi) is 3.27. The Morgan fingerprint density at radius 1 is 1.00 bits per heavy atom. The van der Waals surface area contributed by atoms with Crippen LogP contribution in [-0.2, 0) is 0 Å². The second-order valence-electron chi connectivity index (χ2n) is 2.49. The van der Waals surface area contributed by atoms with Gasteiger partial charge >= 0.3 is 0 Å². The Labute approximate surface area is 73.5 Å². The number of rotatable bonds is 2. The molecule has 0 saturated carbocycles. The van der Waals surface area contributed by atoms with Gasteiger partial charge in [-0.15, -0.1) is 0 Å². The molecule has 62 valence electrons. The molecule has 1 aromatic rings. The van der Waals surface area contributed by atoms with Crippen molar-refractivity contribution < 1.29 is 0 Å². The van der Waals surface area contributed by atoms with Crippen molar-refractivity contribution >= 4 is 12.2 Å². The smallest absolute Gasteiger partial charge is 0.0633 e. The molecule has 0 saturated heterocycles. The third-order valence-electron chi connectivity index (χ3n) is 1.47. The molecule has 0 amide bonds. The highest BCUT2D eigenvalue weighted by molar-refractivity contribution is 5.50. The van der Waals surface area contributed by atoms with Gasteiger partial charge in [-0.3, -0.25) is 0 Å². The molecule has 1 heteroatoms. The number of pyridine rings is 1. The van der Waals surface area contributed by atoms with Crippen LogP contribution in [0.25, 0.3) is 12.2 Å². The van der Waals surface area contributed by atoms with Crippen LogP contribution in [0.3, 0.4) is 0 Å². The molecule has 0 bridgehead atoms. The van der Waals surface area contributed by atoms with Gasteiger partial charge in [0.2, 0.25) is 0 Å². The van der Waals surface area contributed by atoms with Gasteiger partial charge in [0.25, 0.3) is 0 Å². The van der Waals surface area contributed by atoms with E-state index in [0.717, 1.165) is 11.4 Å². The molecule has 0 aromatic carbocycles. The van der Waals surface area contributed by atoms with Crippen molar-refractivity contribution in [1.82, 2.24) is 4.98 Å². The molecular weight excluding hydrogens is 146 g/mol. The molecule has 0 spiro atoms. The summed E-state index contributed by atoms with van der Waals surface area (Å²) in [5.74, 6) is 0. The fourth-order valence-electron chi connectivity index (χ4n) is 0.996. The third-order valence-corrected chi connectivity index (χ3v) is 1.47. The minimum Gasteiger partial charge on any atom is -0.249 e. The summed E-state index contributed by atoms with van der Waals surface area (Å²) < 4.78 is 0. The Morgan fingerprint density at radius 3 is 1.92 bits per heavy atom. The van der Waals surface area contributed by atoms with E-state index in [4.69, 9.17) is 0 Å². The Balaban J connectivity index is 2.95. The highest BCUT2D eigenvalue weighted by Gasteiger charge is 1.88. The number of nitrogens with zero attached hydrogens (tertiary/aromatic N) is 1. The maximum absolute atomic E-state index is 4.38. The van der Waals surface area contributed by atoms with E-state index < -0.39 is 0 Å². The monoisotopic (exact) mass is 159 g/mol. The van der Waals surface area contributed by atoms with E-state index in [-0.39, 0.29) is 0 Å². The molecule has 0 aliphatic carbocycles. The summed E-state index contributed by atoms with van der Waals surface area (Å²) in [6.07, 6.45) is 7.96. The summed E-state index contributed by atoms with van der Waals surface area (Å²) in [4.78, 5) is 4.38. The van der Waals surface area contributed by atoms with Crippen molar-refractivity contribution in [2.75, 3.05) is 0 Å². The molecule has 0 unspecified atom stereocenters. The van der Waals surface area contributed by atoms with Crippen molar-refractivity contribution in [2.45, 2.75) is 13.8 Å². The molecular formula is C11H13N. The van der Waals surface area contributed by atoms with Crippen LogP contribution in [0.15, 0.2) is 30.4 Å². The zero-order valence-electron chi connectivity index (χ0n) is 7.49. The van der Waals surface area contributed by atoms with E-state index in [9.17, 15) is 0 Å². The first-order chi connectivity index (χ1) is 5.86. The van der Waals surface area contributed by atoms with E-state index in [2.05, 4.69) is 4.98 Å². The lowest BCUT2D eigenvalue weighted by molar-refractivity contribution is 1.26. The lowest BCUT2D eigenvalue weighted by atomic mass is 10.3. The molecule has 0 N–H and O–H groups in total. The van der Waals surface area contributed by atoms with Crippen molar-refractivity contribution in [2.24, 2.45) is 0 Å². The van der Waals surface area contributed by atoms with Gasteiger partial charge in [0.1, 0.15) is 0 Å². The summed E-state index contributed by atoms with van der Waals surface area (Å²) >= 11 is 0. The van der Waals surface area contributed by atoms with Crippen LogP contribution < -0.4 is 0 Å². The number of hydrogen-bond acceptors (Lipinski definition) is 1. The van der Waals surface area contributed by atoms with Crippen molar-refractivity contribution in [3.05, 3.63) is 41.7 Å². The third kappa shape index (κ3) is 2.35. The average molecular weight is 159 g/mol. The fourth-order valence-corrected chi connectivity index (χ4v) is 0.996. The number of allylic oxidation sites excluding steroid dienone is 2. The van der Waals surface area contributed by atoms with Crippen LogP contribution in [-0.4, -0.2) is 4.98 Å². The van der Waals surface area contributed by atoms with E-state index in [1.54, 1.807) is 0 Å². The Bertz CT molecular complexity index is 270. The van der Waals surface area contributed by atoms with E-state index in [1.165, 1.54) is 0 Å². The predicted octanol–water partition coefficient (Wildman–Crippen LogP) is 3.15. The van der Waals surface area contributed by atoms with Gasteiger partial charge in [0, 0.05) is 0 Å². The number of hydrogen-bond donors (Lipinski definition) is 0. The molecule has 1 heterocycles. The maximum atomic E-state index is 4.38. The predicted molar refractivity (Wildman–Crippen MR) is 53.7 cm³/mol. The van der Waals surface area contributed by atoms with Crippen molar-refractivity contribution in [1.29, 1.82) is 0 Å². The van der Waals surface area contributed by atoms with Crippen molar-refractivity contribution in [3.8, 4) is 0 Å². The van der Waals surface area contributed by atoms with Gasteiger partial charge in [-0.25, -0.2) is 4.98 Å². The lowest BCUT2D eigenvalue weighted by Crippen LogP contribution is -1.83. The first-order valence-corrected chi connectivity index (χ1v) is 4.09. The lowest BCUT2D eigenvalue weighted by Gasteiger charge is -1.94. The van der Waals surface area contributed by atoms with Gasteiger partial charge in [0.05, 0.1) is 11.4 Å². The van der Waals surface area contributed by atoms with Gasteiger partial charge in [0.15, 0.2) is 0 Å². The van der Waals surface area contributed by atoms with Gasteiger partial charge in [-0.05, 0) is 38.1 Å². The normalized spacial score (nSPS) is 11.5. The zero-order chi connectivity index (χ0) is 8.81. The van der Waals surface area contributed by atoms with Crippen LogP contribution in [0.5, 0.6) is 0 Å². The highest BCUT2D eigenvalue weighted by Crippen LogP contribution is 2.02. The van der Waals surface area contributed by atoms with Gasteiger partial charge in [-0.1, -0.05) is 18.2 Å². The minimum atomic E-state index is 1.01. The molecule has 0 atom stereocenters. The maximum Gasteiger partial charge on any atom is 0.0633 e. The van der Waals surface area contributed by atoms with Crippen LogP contribution in [0.2, 0.25) is 0 Å². The largest absolute Gasteiger partial charge is 0.249 e. The van der Waals surface area contributed by atoms with Crippen LogP contribution in [0.1, 0.15) is 25.2 Å².